The molecule has 0 atom stereocenters. The van der Waals surface area contributed by atoms with Crippen molar-refractivity contribution in [1.82, 2.24) is 14.5 Å². The Labute approximate surface area is 143 Å². The first-order valence-electron chi connectivity index (χ1n) is 7.81. The van der Waals surface area contributed by atoms with Crippen LogP contribution in [0.3, 0.4) is 0 Å². The number of fused-ring (bicyclic) bond motifs is 1. The number of aromatic amines is 1. The molecule has 8 heteroatoms. The smallest absolute Gasteiger partial charge is 0.328 e. The molecule has 2 heterocycles. The van der Waals surface area contributed by atoms with Gasteiger partial charge in [-0.3, -0.25) is 14.7 Å². The van der Waals surface area contributed by atoms with Gasteiger partial charge in [-0.2, -0.15) is 0 Å². The fraction of sp³-hybridized carbons (Fsp3) is 0.294. The zero-order valence-electron chi connectivity index (χ0n) is 14.5. The van der Waals surface area contributed by atoms with Crippen molar-refractivity contribution in [2.75, 3.05) is 5.32 Å². The molecule has 0 aliphatic rings. The molecule has 0 unspecified atom stereocenters. The summed E-state index contributed by atoms with van der Waals surface area (Å²) >= 11 is 0. The van der Waals surface area contributed by atoms with E-state index in [0.717, 1.165) is 5.56 Å². The molecule has 1 aromatic carbocycles. The van der Waals surface area contributed by atoms with Crippen LogP contribution in [0.5, 0.6) is 0 Å². The highest BCUT2D eigenvalue weighted by molar-refractivity contribution is 5.88. The van der Waals surface area contributed by atoms with Crippen molar-refractivity contribution in [2.45, 2.75) is 33.2 Å². The lowest BCUT2D eigenvalue weighted by Crippen LogP contribution is -2.32. The fourth-order valence-electron chi connectivity index (χ4n) is 2.73. The number of pyridine rings is 1. The van der Waals surface area contributed by atoms with E-state index in [0.29, 0.717) is 22.5 Å². The molecule has 8 nitrogen and oxygen atoms in total. The minimum atomic E-state index is -0.440. The molecule has 130 valence electrons. The van der Waals surface area contributed by atoms with E-state index < -0.39 is 10.5 Å². The maximum absolute atomic E-state index is 12.4. The van der Waals surface area contributed by atoms with Gasteiger partial charge in [0.2, 0.25) is 0 Å². The third-order valence-corrected chi connectivity index (χ3v) is 3.95. The van der Waals surface area contributed by atoms with Gasteiger partial charge in [-0.05, 0) is 39.3 Å². The Morgan fingerprint density at radius 3 is 2.60 bits per heavy atom. The number of nitro groups is 1. The summed E-state index contributed by atoms with van der Waals surface area (Å²) in [4.78, 5) is 30.1. The van der Waals surface area contributed by atoms with Crippen molar-refractivity contribution >= 4 is 28.2 Å². The molecule has 0 aliphatic heterocycles. The molecule has 0 spiro atoms. The number of anilines is 2. The summed E-state index contributed by atoms with van der Waals surface area (Å²) in [5.74, 6) is 0. The highest BCUT2D eigenvalue weighted by Crippen LogP contribution is 2.29. The molecule has 0 aliphatic carbocycles. The van der Waals surface area contributed by atoms with Gasteiger partial charge in [0.1, 0.15) is 5.52 Å². The van der Waals surface area contributed by atoms with E-state index in [1.54, 1.807) is 22.9 Å². The minimum Gasteiger partial charge on any atom is -0.353 e. The minimum absolute atomic E-state index is 0.000782. The SMILES string of the molecule is Cc1ccc([N+](=O)[O-])cc1Nc1ccnc2c1[nH]c(=O)n2C(C)(C)C. The Balaban J connectivity index is 2.14. The van der Waals surface area contributed by atoms with Crippen molar-refractivity contribution in [1.29, 1.82) is 0 Å². The molecule has 3 rings (SSSR count). The van der Waals surface area contributed by atoms with Gasteiger partial charge in [0.25, 0.3) is 5.69 Å². The Kier molecular flexibility index (Phi) is 3.82. The maximum atomic E-state index is 12.4. The first kappa shape index (κ1) is 16.7. The lowest BCUT2D eigenvalue weighted by Gasteiger charge is -2.20. The Morgan fingerprint density at radius 2 is 1.96 bits per heavy atom. The topological polar surface area (TPSA) is 106 Å². The Hall–Kier alpha value is -3.16. The monoisotopic (exact) mass is 341 g/mol. The number of H-pyrrole nitrogens is 1. The molecule has 2 N–H and O–H groups in total. The number of hydrogen-bond donors (Lipinski definition) is 2. The molecular formula is C17H19N5O3. The number of aromatic nitrogens is 3. The normalized spacial score (nSPS) is 11.7. The molecular weight excluding hydrogens is 322 g/mol. The van der Waals surface area contributed by atoms with E-state index in [9.17, 15) is 14.9 Å². The molecule has 0 fully saturated rings. The van der Waals surface area contributed by atoms with Gasteiger partial charge in [0.05, 0.1) is 10.6 Å². The number of hydrogen-bond acceptors (Lipinski definition) is 5. The number of nitrogens with zero attached hydrogens (tertiary/aromatic N) is 3. The van der Waals surface area contributed by atoms with E-state index in [-0.39, 0.29) is 11.4 Å². The summed E-state index contributed by atoms with van der Waals surface area (Å²) < 4.78 is 1.59. The fourth-order valence-corrected chi connectivity index (χ4v) is 2.73. The second-order valence-corrected chi connectivity index (χ2v) is 6.87. The van der Waals surface area contributed by atoms with Crippen molar-refractivity contribution in [3.05, 3.63) is 56.6 Å². The summed E-state index contributed by atoms with van der Waals surface area (Å²) in [5, 5.41) is 14.2. The van der Waals surface area contributed by atoms with Crippen LogP contribution in [-0.2, 0) is 5.54 Å². The van der Waals surface area contributed by atoms with Gasteiger partial charge in [-0.15, -0.1) is 0 Å². The average molecular weight is 341 g/mol. The van der Waals surface area contributed by atoms with Crippen molar-refractivity contribution < 1.29 is 4.92 Å². The number of rotatable bonds is 3. The largest absolute Gasteiger partial charge is 0.353 e. The van der Waals surface area contributed by atoms with Crippen LogP contribution in [-0.4, -0.2) is 19.5 Å². The number of aryl methyl sites for hydroxylation is 1. The number of nitro benzene ring substituents is 1. The Morgan fingerprint density at radius 1 is 1.24 bits per heavy atom. The van der Waals surface area contributed by atoms with Gasteiger partial charge in [0.15, 0.2) is 5.65 Å². The summed E-state index contributed by atoms with van der Waals surface area (Å²) in [6.07, 6.45) is 1.60. The highest BCUT2D eigenvalue weighted by atomic mass is 16.6. The number of benzene rings is 1. The standard InChI is InChI=1S/C17H19N5O3/c1-10-5-6-11(22(24)25)9-13(10)19-12-7-8-18-15-14(12)20-16(23)21(15)17(2,3)4/h5-9H,1-4H3,(H,18,19)(H,20,23). The van der Waals surface area contributed by atoms with Crippen LogP contribution in [0.4, 0.5) is 17.1 Å². The summed E-state index contributed by atoms with van der Waals surface area (Å²) in [5.41, 5.74) is 2.51. The van der Waals surface area contributed by atoms with Crippen LogP contribution in [0.25, 0.3) is 11.2 Å². The summed E-state index contributed by atoms with van der Waals surface area (Å²) in [7, 11) is 0. The molecule has 0 saturated carbocycles. The number of non-ortho nitro benzene ring substituents is 1. The molecule has 0 bridgehead atoms. The van der Waals surface area contributed by atoms with E-state index in [2.05, 4.69) is 15.3 Å². The van der Waals surface area contributed by atoms with Crippen LogP contribution in [0.15, 0.2) is 35.3 Å². The zero-order chi connectivity index (χ0) is 18.4. The maximum Gasteiger partial charge on any atom is 0.328 e. The summed E-state index contributed by atoms with van der Waals surface area (Å²) in [6.45, 7) is 7.63. The first-order valence-corrected chi connectivity index (χ1v) is 7.81. The van der Waals surface area contributed by atoms with Gasteiger partial charge in [0, 0.05) is 29.6 Å². The Bertz CT molecular complexity index is 1030. The van der Waals surface area contributed by atoms with Gasteiger partial charge < -0.3 is 10.3 Å². The van der Waals surface area contributed by atoms with E-state index in [1.807, 2.05) is 27.7 Å². The molecule has 0 radical (unpaired) electrons. The quantitative estimate of drug-likeness (QED) is 0.561. The second-order valence-electron chi connectivity index (χ2n) is 6.87. The van der Waals surface area contributed by atoms with Crippen molar-refractivity contribution in [3.8, 4) is 0 Å². The van der Waals surface area contributed by atoms with Crippen LogP contribution in [0.1, 0.15) is 26.3 Å². The second kappa shape index (κ2) is 5.73. The number of imidazole rings is 1. The molecule has 0 saturated heterocycles. The van der Waals surface area contributed by atoms with Crippen LogP contribution < -0.4 is 11.0 Å². The van der Waals surface area contributed by atoms with Crippen molar-refractivity contribution in [3.63, 3.8) is 0 Å². The van der Waals surface area contributed by atoms with Gasteiger partial charge >= 0.3 is 5.69 Å². The van der Waals surface area contributed by atoms with Crippen molar-refractivity contribution in [2.24, 2.45) is 0 Å². The molecule has 3 aromatic rings. The van der Waals surface area contributed by atoms with Gasteiger partial charge in [-0.25, -0.2) is 9.78 Å². The third kappa shape index (κ3) is 2.98. The molecule has 0 amide bonds. The highest BCUT2D eigenvalue weighted by Gasteiger charge is 2.22. The zero-order valence-corrected chi connectivity index (χ0v) is 14.5. The van der Waals surface area contributed by atoms with E-state index in [4.69, 9.17) is 0 Å². The summed E-state index contributed by atoms with van der Waals surface area (Å²) in [6, 6.07) is 6.34. The van der Waals surface area contributed by atoms with Crippen LogP contribution in [0, 0.1) is 17.0 Å². The lowest BCUT2D eigenvalue weighted by molar-refractivity contribution is -0.384. The van der Waals surface area contributed by atoms with Crippen LogP contribution in [0.2, 0.25) is 0 Å². The molecule has 2 aromatic heterocycles. The predicted molar refractivity (Wildman–Crippen MR) is 96.5 cm³/mol. The van der Waals surface area contributed by atoms with Gasteiger partial charge in [-0.1, -0.05) is 6.07 Å². The first-order chi connectivity index (χ1) is 11.7. The van der Waals surface area contributed by atoms with E-state index in [1.165, 1.54) is 12.1 Å². The number of nitrogens with one attached hydrogen (secondary N) is 2. The molecule has 25 heavy (non-hydrogen) atoms. The third-order valence-electron chi connectivity index (χ3n) is 3.95. The lowest BCUT2D eigenvalue weighted by atomic mass is 10.1. The van der Waals surface area contributed by atoms with Crippen LogP contribution >= 0.6 is 0 Å². The average Bonchev–Trinajstić information content (AvgIpc) is 2.86. The predicted octanol–water partition coefficient (Wildman–Crippen LogP) is 3.44. The van der Waals surface area contributed by atoms with E-state index >= 15 is 0 Å².